The van der Waals surface area contributed by atoms with E-state index in [2.05, 4.69) is 23.7 Å². The van der Waals surface area contributed by atoms with Crippen molar-refractivity contribution in [2.24, 2.45) is 5.41 Å². The van der Waals surface area contributed by atoms with Crippen LogP contribution in [0.25, 0.3) is 0 Å². The molecule has 0 amide bonds. The Labute approximate surface area is 118 Å². The monoisotopic (exact) mass is 288 g/mol. The summed E-state index contributed by atoms with van der Waals surface area (Å²) in [4.78, 5) is 6.12. The lowest BCUT2D eigenvalue weighted by Gasteiger charge is -2.31. The third-order valence-electron chi connectivity index (χ3n) is 3.94. The predicted molar refractivity (Wildman–Crippen MR) is 73.9 cm³/mol. The summed E-state index contributed by atoms with van der Waals surface area (Å²) in [5.74, 6) is 0. The van der Waals surface area contributed by atoms with Gasteiger partial charge in [0, 0.05) is 43.0 Å². The van der Waals surface area contributed by atoms with Gasteiger partial charge in [-0.15, -0.1) is 0 Å². The molecule has 0 radical (unpaired) electrons. The highest BCUT2D eigenvalue weighted by Gasteiger charge is 2.47. The fraction of sp³-hybridized carbons (Fsp3) is 0.615. The van der Waals surface area contributed by atoms with Crippen LogP contribution in [0, 0.1) is 5.41 Å². The van der Waals surface area contributed by atoms with Crippen molar-refractivity contribution in [1.82, 2.24) is 9.88 Å². The number of halogens is 2. The van der Waals surface area contributed by atoms with Crippen LogP contribution in [0.15, 0.2) is 12.4 Å². The molecule has 1 saturated heterocycles. The summed E-state index contributed by atoms with van der Waals surface area (Å²) in [5.41, 5.74) is 0.0413. The summed E-state index contributed by atoms with van der Waals surface area (Å²) >= 11 is 12.2. The Morgan fingerprint density at radius 3 is 2.22 bits per heavy atom. The molecule has 1 fully saturated rings. The van der Waals surface area contributed by atoms with Crippen molar-refractivity contribution in [3.63, 3.8) is 0 Å². The van der Waals surface area contributed by atoms with Crippen molar-refractivity contribution in [3.8, 4) is 0 Å². The van der Waals surface area contributed by atoms with Crippen LogP contribution in [-0.4, -0.2) is 33.7 Å². The number of hydrogen-bond acceptors (Lipinski definition) is 3. The molecule has 1 aliphatic rings. The number of β-amino-alcohol motifs (C(OH)–C–C–N with tert-alkyl or cyclic N) is 1. The highest BCUT2D eigenvalue weighted by molar-refractivity contribution is 6.35. The first-order valence-corrected chi connectivity index (χ1v) is 6.71. The molecule has 5 heteroatoms. The maximum atomic E-state index is 10.4. The lowest BCUT2D eigenvalue weighted by molar-refractivity contribution is -0.0111. The summed E-state index contributed by atoms with van der Waals surface area (Å²) in [5, 5.41) is 11.5. The zero-order chi connectivity index (χ0) is 13.6. The molecule has 3 nitrogen and oxygen atoms in total. The van der Waals surface area contributed by atoms with Crippen LogP contribution >= 0.6 is 23.2 Å². The van der Waals surface area contributed by atoms with Gasteiger partial charge in [-0.05, 0) is 6.92 Å². The van der Waals surface area contributed by atoms with Gasteiger partial charge in [-0.2, -0.15) is 0 Å². The van der Waals surface area contributed by atoms with Gasteiger partial charge in [0.2, 0.25) is 0 Å². The van der Waals surface area contributed by atoms with Crippen molar-refractivity contribution < 1.29 is 5.11 Å². The standard InChI is InChI=1S/C13H18Cl2N2O/c1-12(2)7-17(8-13(12,3)18)6-9-10(14)4-16-5-11(9)15/h4-5,18H,6-8H2,1-3H3/t13-/m1/s1. The van der Waals surface area contributed by atoms with Crippen molar-refractivity contribution in [3.05, 3.63) is 28.0 Å². The van der Waals surface area contributed by atoms with E-state index in [1.807, 2.05) is 6.92 Å². The lowest BCUT2D eigenvalue weighted by Crippen LogP contribution is -2.40. The second-order valence-electron chi connectivity index (χ2n) is 5.88. The molecule has 1 aromatic rings. The number of aromatic nitrogens is 1. The molecular formula is C13H18Cl2N2O. The van der Waals surface area contributed by atoms with Crippen LogP contribution < -0.4 is 0 Å². The third-order valence-corrected chi connectivity index (χ3v) is 4.59. The van der Waals surface area contributed by atoms with Crippen LogP contribution in [0.2, 0.25) is 10.0 Å². The molecule has 1 atom stereocenters. The van der Waals surface area contributed by atoms with Crippen LogP contribution in [0.4, 0.5) is 0 Å². The molecule has 0 spiro atoms. The number of hydrogen-bond donors (Lipinski definition) is 1. The minimum atomic E-state index is -0.695. The molecule has 0 aromatic carbocycles. The largest absolute Gasteiger partial charge is 0.388 e. The van der Waals surface area contributed by atoms with Gasteiger partial charge in [0.05, 0.1) is 15.6 Å². The molecule has 100 valence electrons. The molecule has 0 bridgehead atoms. The summed E-state index contributed by atoms with van der Waals surface area (Å²) in [6.45, 7) is 8.10. The maximum Gasteiger partial charge on any atom is 0.0808 e. The first kappa shape index (κ1) is 14.1. The summed E-state index contributed by atoms with van der Waals surface area (Å²) in [6.07, 6.45) is 3.20. The van der Waals surface area contributed by atoms with Crippen molar-refractivity contribution in [2.45, 2.75) is 32.9 Å². The molecule has 18 heavy (non-hydrogen) atoms. The highest BCUT2D eigenvalue weighted by Crippen LogP contribution is 2.39. The minimum absolute atomic E-state index is 0.140. The molecule has 2 heterocycles. The van der Waals surface area contributed by atoms with E-state index in [0.717, 1.165) is 12.1 Å². The fourth-order valence-electron chi connectivity index (χ4n) is 2.36. The predicted octanol–water partition coefficient (Wildman–Crippen LogP) is 2.98. The van der Waals surface area contributed by atoms with Crippen LogP contribution in [0.5, 0.6) is 0 Å². The number of rotatable bonds is 2. The van der Waals surface area contributed by atoms with Crippen molar-refractivity contribution in [1.29, 1.82) is 0 Å². The second kappa shape index (κ2) is 4.64. The van der Waals surface area contributed by atoms with Crippen LogP contribution in [0.1, 0.15) is 26.3 Å². The van der Waals surface area contributed by atoms with E-state index in [-0.39, 0.29) is 5.41 Å². The van der Waals surface area contributed by atoms with Gasteiger partial charge < -0.3 is 5.11 Å². The first-order chi connectivity index (χ1) is 8.23. The van der Waals surface area contributed by atoms with Gasteiger partial charge in [-0.3, -0.25) is 9.88 Å². The smallest absolute Gasteiger partial charge is 0.0808 e. The Hall–Kier alpha value is -0.350. The van der Waals surface area contributed by atoms with Gasteiger partial charge in [0.25, 0.3) is 0 Å². The topological polar surface area (TPSA) is 36.4 Å². The van der Waals surface area contributed by atoms with Crippen LogP contribution in [0.3, 0.4) is 0 Å². The molecule has 1 aromatic heterocycles. The van der Waals surface area contributed by atoms with Crippen molar-refractivity contribution >= 4 is 23.2 Å². The average Bonchev–Trinajstić information content (AvgIpc) is 2.42. The molecule has 0 saturated carbocycles. The third kappa shape index (κ3) is 2.50. The SMILES string of the molecule is CC1(C)CN(Cc2c(Cl)cncc2Cl)C[C@@]1(C)O. The van der Waals surface area contributed by atoms with Crippen molar-refractivity contribution in [2.75, 3.05) is 13.1 Å². The number of pyridine rings is 1. The Morgan fingerprint density at radius 2 is 1.78 bits per heavy atom. The summed E-state index contributed by atoms with van der Waals surface area (Å²) < 4.78 is 0. The summed E-state index contributed by atoms with van der Waals surface area (Å²) in [7, 11) is 0. The maximum absolute atomic E-state index is 10.4. The normalized spacial score (nSPS) is 27.7. The molecule has 0 unspecified atom stereocenters. The Balaban J connectivity index is 2.18. The molecular weight excluding hydrogens is 271 g/mol. The van der Waals surface area contributed by atoms with Gasteiger partial charge in [-0.25, -0.2) is 0 Å². The lowest BCUT2D eigenvalue weighted by atomic mass is 9.79. The van der Waals surface area contributed by atoms with E-state index >= 15 is 0 Å². The molecule has 1 N–H and O–H groups in total. The minimum Gasteiger partial charge on any atom is -0.388 e. The Kier molecular flexibility index (Phi) is 3.63. The number of nitrogens with zero attached hydrogens (tertiary/aromatic N) is 2. The molecule has 1 aliphatic heterocycles. The Morgan fingerprint density at radius 1 is 1.22 bits per heavy atom. The zero-order valence-corrected chi connectivity index (χ0v) is 12.4. The van der Waals surface area contributed by atoms with Gasteiger partial charge in [-0.1, -0.05) is 37.0 Å². The van der Waals surface area contributed by atoms with E-state index in [9.17, 15) is 5.11 Å². The van der Waals surface area contributed by atoms with E-state index < -0.39 is 5.60 Å². The van der Waals surface area contributed by atoms with E-state index in [0.29, 0.717) is 23.1 Å². The van der Waals surface area contributed by atoms with Gasteiger partial charge in [0.15, 0.2) is 0 Å². The quantitative estimate of drug-likeness (QED) is 0.909. The van der Waals surface area contributed by atoms with E-state index in [4.69, 9.17) is 23.2 Å². The fourth-order valence-corrected chi connectivity index (χ4v) is 2.84. The first-order valence-electron chi connectivity index (χ1n) is 5.95. The van der Waals surface area contributed by atoms with E-state index in [1.165, 1.54) is 0 Å². The zero-order valence-electron chi connectivity index (χ0n) is 10.9. The highest BCUT2D eigenvalue weighted by atomic mass is 35.5. The van der Waals surface area contributed by atoms with Crippen LogP contribution in [-0.2, 0) is 6.54 Å². The number of aliphatic hydroxyl groups is 1. The summed E-state index contributed by atoms with van der Waals surface area (Å²) in [6, 6.07) is 0. The second-order valence-corrected chi connectivity index (χ2v) is 6.70. The average molecular weight is 289 g/mol. The van der Waals surface area contributed by atoms with E-state index in [1.54, 1.807) is 12.4 Å². The molecule has 0 aliphatic carbocycles. The molecule has 2 rings (SSSR count). The Bertz CT molecular complexity index is 424. The van der Waals surface area contributed by atoms with Gasteiger partial charge >= 0.3 is 0 Å². The number of likely N-dealkylation sites (tertiary alicyclic amines) is 1. The van der Waals surface area contributed by atoms with Gasteiger partial charge in [0.1, 0.15) is 0 Å².